The topological polar surface area (TPSA) is 131 Å². The van der Waals surface area contributed by atoms with Crippen LogP contribution < -0.4 is 11.4 Å². The first kappa shape index (κ1) is 13.9. The van der Waals surface area contributed by atoms with E-state index in [0.717, 1.165) is 6.20 Å². The van der Waals surface area contributed by atoms with E-state index < -0.39 is 48.0 Å². The van der Waals surface area contributed by atoms with Crippen molar-refractivity contribution in [2.45, 2.75) is 31.0 Å². The molecule has 19 heavy (non-hydrogen) atoms. The van der Waals surface area contributed by atoms with Crippen molar-refractivity contribution in [1.82, 2.24) is 9.55 Å². The molecule has 0 bridgehead atoms. The van der Waals surface area contributed by atoms with Gasteiger partial charge in [-0.15, -0.1) is 0 Å². The number of anilines is 1. The molecular formula is C10H14FN3O5. The summed E-state index contributed by atoms with van der Waals surface area (Å²) in [6.45, 7) is 0.645. The van der Waals surface area contributed by atoms with Crippen LogP contribution in [0.15, 0.2) is 11.0 Å². The number of nitrogens with zero attached hydrogens (tertiary/aromatic N) is 2. The standard InChI is InChI=1S/C10H14FN3O5/c1-10(18)6(16)5(3-15)19-8(10)14-2-4(11)7(12)13-9(14)17/h2,5-6,8,15-16,18H,3H2,1H3,(H2,12,13,17). The Kier molecular flexibility index (Phi) is 3.31. The first-order chi connectivity index (χ1) is 8.78. The van der Waals surface area contributed by atoms with Crippen LogP contribution in [-0.2, 0) is 4.74 Å². The number of aliphatic hydroxyl groups excluding tert-OH is 2. The molecule has 0 amide bonds. The number of hydrogen-bond donors (Lipinski definition) is 4. The molecule has 1 aromatic heterocycles. The van der Waals surface area contributed by atoms with E-state index in [9.17, 15) is 19.4 Å². The summed E-state index contributed by atoms with van der Waals surface area (Å²) < 4.78 is 19.2. The summed E-state index contributed by atoms with van der Waals surface area (Å²) in [7, 11) is 0. The van der Waals surface area contributed by atoms with Crippen LogP contribution in [0.1, 0.15) is 13.2 Å². The molecule has 2 rings (SSSR count). The summed E-state index contributed by atoms with van der Waals surface area (Å²) in [5.41, 5.74) is 2.32. The molecule has 1 aliphatic rings. The predicted octanol–water partition coefficient (Wildman–Crippen LogP) is -2.03. The van der Waals surface area contributed by atoms with E-state index in [1.807, 2.05) is 0 Å². The summed E-state index contributed by atoms with van der Waals surface area (Å²) in [5.74, 6) is -1.53. The van der Waals surface area contributed by atoms with E-state index in [1.165, 1.54) is 6.92 Å². The Morgan fingerprint density at radius 2 is 2.32 bits per heavy atom. The Hall–Kier alpha value is -1.55. The maximum Gasteiger partial charge on any atom is 0.351 e. The van der Waals surface area contributed by atoms with Crippen LogP contribution in [0.3, 0.4) is 0 Å². The van der Waals surface area contributed by atoms with Gasteiger partial charge in [0.1, 0.15) is 17.8 Å². The number of aliphatic hydroxyl groups is 3. The van der Waals surface area contributed by atoms with E-state index >= 15 is 0 Å². The van der Waals surface area contributed by atoms with Crippen LogP contribution in [0.5, 0.6) is 0 Å². The minimum Gasteiger partial charge on any atom is -0.394 e. The molecule has 4 unspecified atom stereocenters. The number of halogens is 1. The Labute approximate surface area is 106 Å². The second-order valence-corrected chi connectivity index (χ2v) is 4.54. The van der Waals surface area contributed by atoms with Gasteiger partial charge in [-0.1, -0.05) is 0 Å². The number of ether oxygens (including phenoxy) is 1. The van der Waals surface area contributed by atoms with Crippen molar-refractivity contribution in [1.29, 1.82) is 0 Å². The van der Waals surface area contributed by atoms with Crippen molar-refractivity contribution >= 4 is 5.82 Å². The number of nitrogen functional groups attached to an aromatic ring is 1. The molecule has 1 saturated heterocycles. The van der Waals surface area contributed by atoms with Gasteiger partial charge >= 0.3 is 5.69 Å². The van der Waals surface area contributed by atoms with Crippen LogP contribution in [0.25, 0.3) is 0 Å². The molecule has 0 radical (unpaired) electrons. The lowest BCUT2D eigenvalue weighted by atomic mass is 9.96. The lowest BCUT2D eigenvalue weighted by Gasteiger charge is -2.27. The van der Waals surface area contributed by atoms with E-state index in [0.29, 0.717) is 4.57 Å². The lowest BCUT2D eigenvalue weighted by molar-refractivity contribution is -0.0990. The Morgan fingerprint density at radius 1 is 1.68 bits per heavy atom. The largest absolute Gasteiger partial charge is 0.394 e. The van der Waals surface area contributed by atoms with Crippen molar-refractivity contribution in [2.24, 2.45) is 0 Å². The zero-order chi connectivity index (χ0) is 14.4. The third kappa shape index (κ3) is 2.10. The van der Waals surface area contributed by atoms with Crippen molar-refractivity contribution in [3.63, 3.8) is 0 Å². The molecule has 1 aromatic rings. The molecule has 2 heterocycles. The highest BCUT2D eigenvalue weighted by atomic mass is 19.1. The highest BCUT2D eigenvalue weighted by Crippen LogP contribution is 2.37. The molecule has 1 aliphatic heterocycles. The Morgan fingerprint density at radius 3 is 2.84 bits per heavy atom. The van der Waals surface area contributed by atoms with E-state index in [2.05, 4.69) is 4.98 Å². The first-order valence-electron chi connectivity index (χ1n) is 5.50. The fraction of sp³-hybridized carbons (Fsp3) is 0.600. The van der Waals surface area contributed by atoms with Gasteiger partial charge in [-0.25, -0.2) is 9.18 Å². The summed E-state index contributed by atoms with van der Waals surface area (Å²) >= 11 is 0. The van der Waals surface area contributed by atoms with Crippen LogP contribution in [-0.4, -0.2) is 49.3 Å². The SMILES string of the molecule is CC1(O)C(O)C(CO)OC1n1cc(F)c(N)nc1=O. The van der Waals surface area contributed by atoms with Gasteiger partial charge in [-0.3, -0.25) is 4.57 Å². The van der Waals surface area contributed by atoms with Gasteiger partial charge in [0, 0.05) is 0 Å². The smallest absolute Gasteiger partial charge is 0.351 e. The van der Waals surface area contributed by atoms with Gasteiger partial charge in [0.2, 0.25) is 0 Å². The van der Waals surface area contributed by atoms with E-state index in [4.69, 9.17) is 15.6 Å². The maximum atomic E-state index is 13.3. The minimum atomic E-state index is -1.89. The zero-order valence-electron chi connectivity index (χ0n) is 10.0. The first-order valence-corrected chi connectivity index (χ1v) is 5.50. The van der Waals surface area contributed by atoms with E-state index in [1.54, 1.807) is 0 Å². The molecule has 0 aromatic carbocycles. The number of nitrogens with two attached hydrogens (primary N) is 1. The number of aromatic nitrogens is 2. The fourth-order valence-electron chi connectivity index (χ4n) is 2.02. The van der Waals surface area contributed by atoms with Gasteiger partial charge in [-0.2, -0.15) is 4.98 Å². The molecule has 1 fully saturated rings. The molecule has 8 nitrogen and oxygen atoms in total. The second kappa shape index (κ2) is 4.53. The normalized spacial score (nSPS) is 34.7. The van der Waals surface area contributed by atoms with Gasteiger partial charge in [0.05, 0.1) is 12.8 Å². The van der Waals surface area contributed by atoms with Gasteiger partial charge in [-0.05, 0) is 6.92 Å². The lowest BCUT2D eigenvalue weighted by Crippen LogP contribution is -2.46. The summed E-state index contributed by atoms with van der Waals surface area (Å²) in [6, 6.07) is 0. The Bertz CT molecular complexity index is 546. The number of hydrogen-bond acceptors (Lipinski definition) is 7. The maximum absolute atomic E-state index is 13.3. The monoisotopic (exact) mass is 275 g/mol. The molecule has 0 spiro atoms. The van der Waals surface area contributed by atoms with Crippen LogP contribution in [0.2, 0.25) is 0 Å². The van der Waals surface area contributed by atoms with Crippen molar-refractivity contribution in [2.75, 3.05) is 12.3 Å². The van der Waals surface area contributed by atoms with Gasteiger partial charge in [0.15, 0.2) is 17.9 Å². The average molecular weight is 275 g/mol. The number of rotatable bonds is 2. The zero-order valence-corrected chi connectivity index (χ0v) is 10.0. The highest BCUT2D eigenvalue weighted by Gasteiger charge is 2.53. The molecule has 5 N–H and O–H groups in total. The molecule has 4 atom stereocenters. The van der Waals surface area contributed by atoms with Crippen molar-refractivity contribution in [3.05, 3.63) is 22.5 Å². The molecule has 0 aliphatic carbocycles. The van der Waals surface area contributed by atoms with Crippen molar-refractivity contribution < 1.29 is 24.4 Å². The fourth-order valence-corrected chi connectivity index (χ4v) is 2.02. The highest BCUT2D eigenvalue weighted by molar-refractivity contribution is 5.26. The summed E-state index contributed by atoms with van der Waals surface area (Å²) in [5, 5.41) is 28.9. The predicted molar refractivity (Wildman–Crippen MR) is 60.5 cm³/mol. The summed E-state index contributed by atoms with van der Waals surface area (Å²) in [6.07, 6.45) is -3.17. The minimum absolute atomic E-state index is 0.562. The van der Waals surface area contributed by atoms with Crippen molar-refractivity contribution in [3.8, 4) is 0 Å². The molecule has 106 valence electrons. The molecule has 0 saturated carbocycles. The average Bonchev–Trinajstić information content (AvgIpc) is 2.56. The van der Waals surface area contributed by atoms with Crippen LogP contribution >= 0.6 is 0 Å². The summed E-state index contributed by atoms with van der Waals surface area (Å²) in [4.78, 5) is 14.9. The van der Waals surface area contributed by atoms with E-state index in [-0.39, 0.29) is 0 Å². The second-order valence-electron chi connectivity index (χ2n) is 4.54. The van der Waals surface area contributed by atoms with Gasteiger partial charge < -0.3 is 25.8 Å². The molecular weight excluding hydrogens is 261 g/mol. The van der Waals surface area contributed by atoms with Gasteiger partial charge in [0.25, 0.3) is 0 Å². The van der Waals surface area contributed by atoms with Crippen LogP contribution in [0, 0.1) is 5.82 Å². The third-order valence-electron chi connectivity index (χ3n) is 3.12. The van der Waals surface area contributed by atoms with Crippen LogP contribution in [0.4, 0.5) is 10.2 Å². The third-order valence-corrected chi connectivity index (χ3v) is 3.12. The molecule has 9 heteroatoms. The Balaban J connectivity index is 2.48. The quantitative estimate of drug-likeness (QED) is 0.489.